The lowest BCUT2D eigenvalue weighted by atomic mass is 10.3. The summed E-state index contributed by atoms with van der Waals surface area (Å²) < 4.78 is 18.0. The van der Waals surface area contributed by atoms with Crippen molar-refractivity contribution >= 4 is 11.8 Å². The van der Waals surface area contributed by atoms with Crippen LogP contribution in [0, 0.1) is 5.82 Å². The molecule has 5 heteroatoms. The second kappa shape index (κ2) is 5.34. The zero-order valence-electron chi connectivity index (χ0n) is 9.23. The second-order valence-electron chi connectivity index (χ2n) is 3.55. The molecule has 1 fully saturated rings. The van der Waals surface area contributed by atoms with Gasteiger partial charge in [-0.2, -0.15) is 0 Å². The average molecular weight is 236 g/mol. The van der Waals surface area contributed by atoms with Crippen LogP contribution in [0.4, 0.5) is 14.9 Å². The highest BCUT2D eigenvalue weighted by Crippen LogP contribution is 2.11. The molecule has 0 bridgehead atoms. The number of para-hydroxylation sites is 1. The predicted octanol–water partition coefficient (Wildman–Crippen LogP) is 2.20. The van der Waals surface area contributed by atoms with Gasteiger partial charge in [-0.15, -0.1) is 0 Å². The van der Waals surface area contributed by atoms with Crippen LogP contribution in [0.5, 0.6) is 0 Å². The summed E-state index contributed by atoms with van der Waals surface area (Å²) in [6.07, 6.45) is 3.05. The molecule has 0 aromatic heterocycles. The third kappa shape index (κ3) is 2.96. The van der Waals surface area contributed by atoms with Gasteiger partial charge in [-0.25, -0.2) is 9.18 Å². The van der Waals surface area contributed by atoms with Gasteiger partial charge in [0.25, 0.3) is 0 Å². The number of hydrogen-bond donors (Lipinski definition) is 1. The van der Waals surface area contributed by atoms with Crippen LogP contribution in [0.3, 0.4) is 0 Å². The lowest BCUT2D eigenvalue weighted by Crippen LogP contribution is -2.17. The van der Waals surface area contributed by atoms with Gasteiger partial charge in [0, 0.05) is 12.7 Å². The Kier molecular flexibility index (Phi) is 3.59. The van der Waals surface area contributed by atoms with Crippen molar-refractivity contribution < 1.29 is 13.9 Å². The summed E-state index contributed by atoms with van der Waals surface area (Å²) in [7, 11) is 0. The minimum Gasteiger partial charge on any atom is -0.447 e. The van der Waals surface area contributed by atoms with Gasteiger partial charge in [0.15, 0.2) is 0 Å². The summed E-state index contributed by atoms with van der Waals surface area (Å²) in [6, 6.07) is 6.45. The van der Waals surface area contributed by atoms with Gasteiger partial charge in [-0.05, 0) is 18.2 Å². The van der Waals surface area contributed by atoms with Crippen molar-refractivity contribution in [2.45, 2.75) is 0 Å². The molecule has 1 N–H and O–H groups in total. The van der Waals surface area contributed by atoms with E-state index in [1.165, 1.54) is 11.0 Å². The zero-order valence-corrected chi connectivity index (χ0v) is 9.23. The lowest BCUT2D eigenvalue weighted by molar-refractivity contribution is 0.166. The average Bonchev–Trinajstić information content (AvgIpc) is 2.73. The maximum absolute atomic E-state index is 13.2. The molecular weight excluding hydrogens is 223 g/mol. The molecule has 1 heterocycles. The Labute approximate surface area is 98.7 Å². The number of ether oxygens (including phenoxy) is 1. The Bertz CT molecular complexity index is 434. The first-order valence-electron chi connectivity index (χ1n) is 5.36. The molecule has 1 saturated heterocycles. The molecule has 0 saturated carbocycles. The number of carbonyl (C=O) groups is 1. The van der Waals surface area contributed by atoms with Crippen LogP contribution in [0.25, 0.3) is 0 Å². The van der Waals surface area contributed by atoms with Crippen molar-refractivity contribution in [1.29, 1.82) is 0 Å². The van der Waals surface area contributed by atoms with Crippen molar-refractivity contribution in [3.05, 3.63) is 42.4 Å². The van der Waals surface area contributed by atoms with Crippen LogP contribution in [0.15, 0.2) is 36.5 Å². The fourth-order valence-corrected chi connectivity index (χ4v) is 1.49. The monoisotopic (exact) mass is 236 g/mol. The number of halogens is 1. The van der Waals surface area contributed by atoms with Gasteiger partial charge in [-0.3, -0.25) is 4.90 Å². The largest absolute Gasteiger partial charge is 0.447 e. The number of nitrogens with one attached hydrogen (secondary N) is 1. The summed E-state index contributed by atoms with van der Waals surface area (Å²) in [5.41, 5.74) is 0.446. The Morgan fingerprint density at radius 1 is 1.47 bits per heavy atom. The first-order valence-corrected chi connectivity index (χ1v) is 5.36. The fourth-order valence-electron chi connectivity index (χ4n) is 1.49. The Morgan fingerprint density at radius 3 is 3.00 bits per heavy atom. The van der Waals surface area contributed by atoms with Crippen molar-refractivity contribution in [2.75, 3.05) is 25.0 Å². The van der Waals surface area contributed by atoms with Crippen LogP contribution in [0.1, 0.15) is 0 Å². The molecular formula is C12H13FN2O2. The number of hydrogen-bond acceptors (Lipinski definition) is 3. The number of rotatable bonds is 4. The topological polar surface area (TPSA) is 41.6 Å². The van der Waals surface area contributed by atoms with Gasteiger partial charge in [0.2, 0.25) is 0 Å². The number of amides is 1. The van der Waals surface area contributed by atoms with E-state index in [1.54, 1.807) is 30.5 Å². The number of benzene rings is 1. The molecule has 17 heavy (non-hydrogen) atoms. The summed E-state index contributed by atoms with van der Waals surface area (Å²) in [5.74, 6) is -0.290. The van der Waals surface area contributed by atoms with E-state index in [0.29, 0.717) is 25.4 Å². The van der Waals surface area contributed by atoms with E-state index in [2.05, 4.69) is 5.32 Å². The first kappa shape index (κ1) is 11.4. The molecule has 1 aliphatic heterocycles. The Hall–Kier alpha value is -2.04. The van der Waals surface area contributed by atoms with Gasteiger partial charge in [-0.1, -0.05) is 12.1 Å². The molecule has 1 amide bonds. The quantitative estimate of drug-likeness (QED) is 0.871. The molecule has 1 aromatic rings. The molecule has 0 aliphatic carbocycles. The molecule has 0 atom stereocenters. The van der Waals surface area contributed by atoms with E-state index in [4.69, 9.17) is 4.74 Å². The Morgan fingerprint density at radius 2 is 2.29 bits per heavy atom. The van der Waals surface area contributed by atoms with Crippen LogP contribution in [0.2, 0.25) is 0 Å². The molecule has 1 aromatic carbocycles. The molecule has 1 aliphatic rings. The number of carbonyl (C=O) groups excluding carboxylic acids is 1. The lowest BCUT2D eigenvalue weighted by Gasteiger charge is -2.06. The van der Waals surface area contributed by atoms with Gasteiger partial charge >= 0.3 is 6.09 Å². The summed E-state index contributed by atoms with van der Waals surface area (Å²) in [5, 5.41) is 2.91. The minimum atomic E-state index is -0.341. The van der Waals surface area contributed by atoms with E-state index in [0.717, 1.165) is 0 Å². The van der Waals surface area contributed by atoms with Crippen molar-refractivity contribution in [2.24, 2.45) is 0 Å². The van der Waals surface area contributed by atoms with Crippen molar-refractivity contribution in [3.63, 3.8) is 0 Å². The second-order valence-corrected chi connectivity index (χ2v) is 3.55. The van der Waals surface area contributed by atoms with E-state index in [1.807, 2.05) is 0 Å². The number of nitrogens with zero attached hydrogens (tertiary/aromatic N) is 1. The summed E-state index contributed by atoms with van der Waals surface area (Å²) in [6.45, 7) is 1.43. The molecule has 0 radical (unpaired) electrons. The fraction of sp³-hybridized carbons (Fsp3) is 0.250. The van der Waals surface area contributed by atoms with Gasteiger partial charge < -0.3 is 10.1 Å². The maximum atomic E-state index is 13.2. The molecule has 2 rings (SSSR count). The van der Waals surface area contributed by atoms with E-state index in [9.17, 15) is 9.18 Å². The number of cyclic esters (lactones) is 1. The van der Waals surface area contributed by atoms with Crippen LogP contribution >= 0.6 is 0 Å². The van der Waals surface area contributed by atoms with E-state index in [-0.39, 0.29) is 11.9 Å². The Balaban J connectivity index is 1.81. The standard InChI is InChI=1S/C12H13FN2O2/c13-10-4-1-2-5-11(10)14-6-3-7-15-8-9-17-12(15)16/h1-5,7,14H,6,8-9H2/b7-3+. The zero-order chi connectivity index (χ0) is 12.1. The minimum absolute atomic E-state index is 0.290. The molecule has 90 valence electrons. The molecule has 0 unspecified atom stereocenters. The molecule has 0 spiro atoms. The van der Waals surface area contributed by atoms with Crippen molar-refractivity contribution in [1.82, 2.24) is 4.90 Å². The van der Waals surface area contributed by atoms with E-state index >= 15 is 0 Å². The number of anilines is 1. The third-order valence-corrected chi connectivity index (χ3v) is 2.36. The third-order valence-electron chi connectivity index (χ3n) is 2.36. The van der Waals surface area contributed by atoms with Crippen LogP contribution in [-0.4, -0.2) is 30.7 Å². The highest BCUT2D eigenvalue weighted by atomic mass is 19.1. The van der Waals surface area contributed by atoms with Gasteiger partial charge in [0.05, 0.1) is 12.2 Å². The highest BCUT2D eigenvalue weighted by Gasteiger charge is 2.18. The normalized spacial score (nSPS) is 15.4. The summed E-state index contributed by atoms with van der Waals surface area (Å²) in [4.78, 5) is 12.5. The first-order chi connectivity index (χ1) is 8.27. The maximum Gasteiger partial charge on any atom is 0.413 e. The summed E-state index contributed by atoms with van der Waals surface area (Å²) >= 11 is 0. The van der Waals surface area contributed by atoms with E-state index < -0.39 is 0 Å². The van der Waals surface area contributed by atoms with Gasteiger partial charge in [0.1, 0.15) is 12.4 Å². The predicted molar refractivity (Wildman–Crippen MR) is 62.1 cm³/mol. The SMILES string of the molecule is O=C1OCCN1/C=C/CNc1ccccc1F. The smallest absolute Gasteiger partial charge is 0.413 e. The molecule has 4 nitrogen and oxygen atoms in total. The van der Waals surface area contributed by atoms with Crippen LogP contribution < -0.4 is 5.32 Å². The van der Waals surface area contributed by atoms with Crippen LogP contribution in [-0.2, 0) is 4.74 Å². The highest BCUT2D eigenvalue weighted by molar-refractivity contribution is 5.70. The van der Waals surface area contributed by atoms with Crippen molar-refractivity contribution in [3.8, 4) is 0 Å².